The van der Waals surface area contributed by atoms with Crippen molar-refractivity contribution in [2.24, 2.45) is 0 Å². The fraction of sp³-hybridized carbons (Fsp3) is 0.826. The molecule has 1 aromatic heterocycles. The molecule has 1 amide bonds. The van der Waals surface area contributed by atoms with Crippen LogP contribution in [0.4, 0.5) is 0 Å². The molecule has 0 atom stereocenters. The molecule has 156 valence electrons. The fourth-order valence-corrected chi connectivity index (χ4v) is 3.50. The molecule has 1 rings (SSSR count). The topological polar surface area (TPSA) is 57.8 Å². The van der Waals surface area contributed by atoms with Gasteiger partial charge in [0.1, 0.15) is 0 Å². The minimum Gasteiger partial charge on any atom is -0.356 e. The molecule has 4 heteroatoms. The number of nitrogens with one attached hydrogen (secondary N) is 2. The number of hydrogen-bond donors (Lipinski definition) is 2. The van der Waals surface area contributed by atoms with Gasteiger partial charge in [-0.25, -0.2) is 4.98 Å². The molecule has 0 aliphatic heterocycles. The van der Waals surface area contributed by atoms with Gasteiger partial charge < -0.3 is 10.3 Å². The largest absolute Gasteiger partial charge is 0.356 e. The lowest BCUT2D eigenvalue weighted by atomic mass is 10.0. The number of aromatic amines is 1. The molecule has 0 aliphatic carbocycles. The van der Waals surface area contributed by atoms with Crippen molar-refractivity contribution in [2.75, 3.05) is 6.54 Å². The predicted molar refractivity (Wildman–Crippen MR) is 115 cm³/mol. The maximum absolute atomic E-state index is 11.8. The van der Waals surface area contributed by atoms with E-state index in [4.69, 9.17) is 0 Å². The van der Waals surface area contributed by atoms with Crippen LogP contribution in [0.25, 0.3) is 0 Å². The van der Waals surface area contributed by atoms with E-state index in [1.807, 2.05) is 6.20 Å². The van der Waals surface area contributed by atoms with Crippen LogP contribution in [0.3, 0.4) is 0 Å². The second kappa shape index (κ2) is 18.1. The summed E-state index contributed by atoms with van der Waals surface area (Å²) >= 11 is 0. The number of imidazole rings is 1. The zero-order chi connectivity index (χ0) is 19.4. The molecule has 1 heterocycles. The van der Waals surface area contributed by atoms with Crippen LogP contribution in [0.1, 0.15) is 115 Å². The van der Waals surface area contributed by atoms with E-state index in [0.717, 1.165) is 18.5 Å². The van der Waals surface area contributed by atoms with Gasteiger partial charge in [-0.3, -0.25) is 4.79 Å². The summed E-state index contributed by atoms with van der Waals surface area (Å²) in [7, 11) is 0. The number of carbonyl (C=O) groups is 1. The van der Waals surface area contributed by atoms with E-state index in [9.17, 15) is 4.79 Å². The first-order chi connectivity index (χ1) is 13.3. The van der Waals surface area contributed by atoms with Crippen LogP contribution in [0, 0.1) is 0 Å². The SMILES string of the molecule is CCCCCCCCCCCCCCCCCC(=O)NCCc1c[nH]cn1. The van der Waals surface area contributed by atoms with Gasteiger partial charge in [-0.2, -0.15) is 0 Å². The van der Waals surface area contributed by atoms with Crippen molar-refractivity contribution in [1.82, 2.24) is 15.3 Å². The summed E-state index contributed by atoms with van der Waals surface area (Å²) < 4.78 is 0. The van der Waals surface area contributed by atoms with Gasteiger partial charge in [-0.1, -0.05) is 96.8 Å². The Morgan fingerprint density at radius 1 is 0.852 bits per heavy atom. The Morgan fingerprint density at radius 2 is 1.37 bits per heavy atom. The highest BCUT2D eigenvalue weighted by Gasteiger charge is 2.01. The summed E-state index contributed by atoms with van der Waals surface area (Å²) in [6.45, 7) is 2.96. The number of nitrogens with zero attached hydrogens (tertiary/aromatic N) is 1. The second-order valence-electron chi connectivity index (χ2n) is 7.86. The van der Waals surface area contributed by atoms with Crippen molar-refractivity contribution in [1.29, 1.82) is 0 Å². The highest BCUT2D eigenvalue weighted by molar-refractivity contribution is 5.75. The average molecular weight is 378 g/mol. The Hall–Kier alpha value is -1.32. The fourth-order valence-electron chi connectivity index (χ4n) is 3.50. The minimum atomic E-state index is 0.181. The normalized spacial score (nSPS) is 11.0. The van der Waals surface area contributed by atoms with E-state index >= 15 is 0 Å². The molecular formula is C23H43N3O. The first-order valence-corrected chi connectivity index (χ1v) is 11.6. The van der Waals surface area contributed by atoms with Crippen LogP contribution in [-0.2, 0) is 11.2 Å². The summed E-state index contributed by atoms with van der Waals surface area (Å²) in [4.78, 5) is 18.8. The summed E-state index contributed by atoms with van der Waals surface area (Å²) in [6.07, 6.45) is 25.4. The minimum absolute atomic E-state index is 0.181. The second-order valence-corrected chi connectivity index (χ2v) is 7.86. The van der Waals surface area contributed by atoms with E-state index in [0.29, 0.717) is 13.0 Å². The van der Waals surface area contributed by atoms with Gasteiger partial charge in [0, 0.05) is 25.6 Å². The van der Waals surface area contributed by atoms with Crippen LogP contribution in [0.5, 0.6) is 0 Å². The number of hydrogen-bond acceptors (Lipinski definition) is 2. The number of amides is 1. The van der Waals surface area contributed by atoms with E-state index in [-0.39, 0.29) is 5.91 Å². The molecule has 2 N–H and O–H groups in total. The summed E-state index contributed by atoms with van der Waals surface area (Å²) in [5.74, 6) is 0.181. The van der Waals surface area contributed by atoms with Gasteiger partial charge in [-0.15, -0.1) is 0 Å². The molecule has 0 bridgehead atoms. The van der Waals surface area contributed by atoms with Crippen molar-refractivity contribution in [2.45, 2.75) is 116 Å². The average Bonchev–Trinajstić information content (AvgIpc) is 3.18. The van der Waals surface area contributed by atoms with Crippen molar-refractivity contribution in [3.8, 4) is 0 Å². The molecule has 0 spiro atoms. The molecule has 0 radical (unpaired) electrons. The van der Waals surface area contributed by atoms with Crippen molar-refractivity contribution in [3.05, 3.63) is 18.2 Å². The molecule has 4 nitrogen and oxygen atoms in total. The molecular weight excluding hydrogens is 334 g/mol. The summed E-state index contributed by atoms with van der Waals surface area (Å²) in [6, 6.07) is 0. The number of H-pyrrole nitrogens is 1. The van der Waals surface area contributed by atoms with Crippen molar-refractivity contribution in [3.63, 3.8) is 0 Å². The lowest BCUT2D eigenvalue weighted by Gasteiger charge is -2.05. The first-order valence-electron chi connectivity index (χ1n) is 11.6. The third kappa shape index (κ3) is 15.4. The molecule has 27 heavy (non-hydrogen) atoms. The number of unbranched alkanes of at least 4 members (excludes halogenated alkanes) is 14. The zero-order valence-electron chi connectivity index (χ0n) is 17.7. The van der Waals surface area contributed by atoms with Crippen molar-refractivity contribution < 1.29 is 4.79 Å². The molecule has 1 aromatic rings. The molecule has 0 saturated heterocycles. The lowest BCUT2D eigenvalue weighted by Crippen LogP contribution is -2.25. The van der Waals surface area contributed by atoms with Gasteiger partial charge in [0.05, 0.1) is 12.0 Å². The molecule has 0 saturated carbocycles. The van der Waals surface area contributed by atoms with Gasteiger partial charge in [0.2, 0.25) is 5.91 Å². The molecule has 0 aliphatic rings. The Labute approximate surface area is 167 Å². The van der Waals surface area contributed by atoms with Crippen LogP contribution in [-0.4, -0.2) is 22.4 Å². The summed E-state index contributed by atoms with van der Waals surface area (Å²) in [5.41, 5.74) is 1.00. The third-order valence-electron chi connectivity index (χ3n) is 5.27. The highest BCUT2D eigenvalue weighted by atomic mass is 16.1. The maximum Gasteiger partial charge on any atom is 0.220 e. The first kappa shape index (κ1) is 23.7. The van der Waals surface area contributed by atoms with Gasteiger partial charge >= 0.3 is 0 Å². The van der Waals surface area contributed by atoms with Gasteiger partial charge in [0.15, 0.2) is 0 Å². The van der Waals surface area contributed by atoms with Crippen LogP contribution < -0.4 is 5.32 Å². The Bertz CT molecular complexity index is 431. The number of carbonyl (C=O) groups excluding carboxylic acids is 1. The van der Waals surface area contributed by atoms with E-state index in [2.05, 4.69) is 22.2 Å². The quantitative estimate of drug-likeness (QED) is 0.277. The predicted octanol–water partition coefficient (Wildman–Crippen LogP) is 6.33. The van der Waals surface area contributed by atoms with Gasteiger partial charge in [0.25, 0.3) is 0 Å². The number of rotatable bonds is 19. The Kier molecular flexibility index (Phi) is 15.9. The standard InChI is InChI=1S/C23H43N3O/c1-2-3-4-5-6-7-8-9-10-11-12-13-14-15-16-17-23(27)25-19-18-22-20-24-21-26-22/h20-21H,2-19H2,1H3,(H,24,26)(H,25,27). The Morgan fingerprint density at radius 3 is 1.85 bits per heavy atom. The van der Waals surface area contributed by atoms with Crippen LogP contribution in [0.15, 0.2) is 12.5 Å². The van der Waals surface area contributed by atoms with Crippen LogP contribution in [0.2, 0.25) is 0 Å². The smallest absolute Gasteiger partial charge is 0.220 e. The highest BCUT2D eigenvalue weighted by Crippen LogP contribution is 2.13. The van der Waals surface area contributed by atoms with Crippen molar-refractivity contribution >= 4 is 5.91 Å². The molecule has 0 fully saturated rings. The molecule has 0 unspecified atom stereocenters. The third-order valence-corrected chi connectivity index (χ3v) is 5.27. The van der Waals surface area contributed by atoms with E-state index < -0.39 is 0 Å². The lowest BCUT2D eigenvalue weighted by molar-refractivity contribution is -0.121. The summed E-state index contributed by atoms with van der Waals surface area (Å²) in [5, 5.41) is 2.98. The van der Waals surface area contributed by atoms with Crippen LogP contribution >= 0.6 is 0 Å². The van der Waals surface area contributed by atoms with E-state index in [1.165, 1.54) is 89.9 Å². The zero-order valence-corrected chi connectivity index (χ0v) is 17.7. The monoisotopic (exact) mass is 377 g/mol. The van der Waals surface area contributed by atoms with Gasteiger partial charge in [-0.05, 0) is 6.42 Å². The maximum atomic E-state index is 11.8. The molecule has 0 aromatic carbocycles. The Balaban J connectivity index is 1.73. The van der Waals surface area contributed by atoms with E-state index in [1.54, 1.807) is 6.33 Å². The number of aromatic nitrogens is 2.